The minimum atomic E-state index is -5.05. The molecule has 0 fully saturated rings. The number of hydrogen-bond acceptors (Lipinski definition) is 3. The number of halogens is 6. The van der Waals surface area contributed by atoms with Gasteiger partial charge in [0.1, 0.15) is 12.0 Å². The Labute approximate surface area is 130 Å². The molecule has 0 spiro atoms. The molecule has 2 rings (SSSR count). The van der Waals surface area contributed by atoms with Gasteiger partial charge in [0.25, 0.3) is 0 Å². The Bertz CT molecular complexity index is 700. The predicted octanol–water partition coefficient (Wildman–Crippen LogP) is 2.90. The quantitative estimate of drug-likeness (QED) is 0.523. The van der Waals surface area contributed by atoms with E-state index in [1.807, 2.05) is 0 Å². The lowest BCUT2D eigenvalue weighted by atomic mass is 9.95. The second kappa shape index (κ2) is 6.83. The lowest BCUT2D eigenvalue weighted by molar-refractivity contribution is -0.143. The number of nitrogens with one attached hydrogen (secondary N) is 1. The maximum absolute atomic E-state index is 13.1. The molecule has 0 aliphatic heterocycles. The van der Waals surface area contributed by atoms with Gasteiger partial charge in [0.2, 0.25) is 0 Å². The Morgan fingerprint density at radius 2 is 1.54 bits per heavy atom. The number of aldehydes is 1. The molecular formula is C13H9F6N3O2. The summed E-state index contributed by atoms with van der Waals surface area (Å²) < 4.78 is 78.8. The van der Waals surface area contributed by atoms with Gasteiger partial charge in [-0.15, -0.1) is 0 Å². The van der Waals surface area contributed by atoms with Crippen molar-refractivity contribution in [2.45, 2.75) is 12.4 Å². The normalized spacial score (nSPS) is 12.2. The zero-order valence-corrected chi connectivity index (χ0v) is 11.5. The lowest BCUT2D eigenvalue weighted by Crippen LogP contribution is -2.15. The fraction of sp³-hybridized carbons (Fsp3) is 0.154. The standard InChI is InChI=1S/C13H7F6N3O.H2O/c14-12(15,16)9-4-7(11-6-20-22-21-11)5-10(13(17,18)19)8(9)2-1-3-23;/h1-6H,(H,20,21,22);1H2/b2-1+;. The summed E-state index contributed by atoms with van der Waals surface area (Å²) in [6.45, 7) is 0. The fourth-order valence-corrected chi connectivity index (χ4v) is 1.93. The molecule has 0 bridgehead atoms. The number of rotatable bonds is 3. The average molecular weight is 353 g/mol. The number of H-pyrrole nitrogens is 1. The monoisotopic (exact) mass is 353 g/mol. The van der Waals surface area contributed by atoms with Crippen LogP contribution in [-0.2, 0) is 17.1 Å². The van der Waals surface area contributed by atoms with Gasteiger partial charge >= 0.3 is 12.4 Å². The van der Waals surface area contributed by atoms with Gasteiger partial charge in [-0.05, 0) is 23.8 Å². The minimum absolute atomic E-state index is 0. The molecule has 130 valence electrons. The Morgan fingerprint density at radius 3 is 1.92 bits per heavy atom. The molecule has 11 heteroatoms. The third-order valence-electron chi connectivity index (χ3n) is 2.84. The van der Waals surface area contributed by atoms with Crippen molar-refractivity contribution >= 4 is 12.4 Å². The highest BCUT2D eigenvalue weighted by Gasteiger charge is 2.40. The summed E-state index contributed by atoms with van der Waals surface area (Å²) in [5.41, 5.74) is -4.76. The molecule has 0 aliphatic rings. The molecule has 24 heavy (non-hydrogen) atoms. The van der Waals surface area contributed by atoms with Crippen LogP contribution in [-0.4, -0.2) is 27.2 Å². The van der Waals surface area contributed by atoms with Crippen LogP contribution in [0, 0.1) is 0 Å². The molecule has 0 saturated heterocycles. The van der Waals surface area contributed by atoms with Crippen LogP contribution in [0.2, 0.25) is 0 Å². The van der Waals surface area contributed by atoms with E-state index in [9.17, 15) is 31.1 Å². The van der Waals surface area contributed by atoms with E-state index in [0.717, 1.165) is 6.20 Å². The first-order valence-electron chi connectivity index (χ1n) is 5.95. The highest BCUT2D eigenvalue weighted by Crippen LogP contribution is 2.42. The number of carbonyl (C=O) groups excluding carboxylic acids is 1. The highest BCUT2D eigenvalue weighted by molar-refractivity contribution is 5.77. The van der Waals surface area contributed by atoms with E-state index in [-0.39, 0.29) is 17.5 Å². The number of alkyl halides is 6. The summed E-state index contributed by atoms with van der Waals surface area (Å²) in [6, 6.07) is 1.05. The zero-order chi connectivity index (χ0) is 17.3. The molecule has 1 aromatic heterocycles. The third-order valence-corrected chi connectivity index (χ3v) is 2.84. The number of benzene rings is 1. The van der Waals surface area contributed by atoms with Crippen LogP contribution in [0.5, 0.6) is 0 Å². The van der Waals surface area contributed by atoms with E-state index >= 15 is 0 Å². The van der Waals surface area contributed by atoms with Gasteiger partial charge in [-0.25, -0.2) is 0 Å². The van der Waals surface area contributed by atoms with Crippen molar-refractivity contribution in [1.82, 2.24) is 15.4 Å². The first-order valence-corrected chi connectivity index (χ1v) is 5.95. The molecule has 3 N–H and O–H groups in total. The van der Waals surface area contributed by atoms with E-state index in [0.29, 0.717) is 24.3 Å². The van der Waals surface area contributed by atoms with Crippen molar-refractivity contribution in [2.24, 2.45) is 0 Å². The first-order chi connectivity index (χ1) is 10.6. The van der Waals surface area contributed by atoms with Crippen LogP contribution < -0.4 is 0 Å². The van der Waals surface area contributed by atoms with Crippen molar-refractivity contribution in [2.75, 3.05) is 0 Å². The maximum Gasteiger partial charge on any atom is 0.417 e. The van der Waals surface area contributed by atoms with Gasteiger partial charge in [0.05, 0.1) is 17.3 Å². The maximum atomic E-state index is 13.1. The van der Waals surface area contributed by atoms with E-state index in [1.165, 1.54) is 0 Å². The van der Waals surface area contributed by atoms with Crippen molar-refractivity contribution in [3.63, 3.8) is 0 Å². The zero-order valence-electron chi connectivity index (χ0n) is 11.5. The number of aromatic nitrogens is 3. The summed E-state index contributed by atoms with van der Waals surface area (Å²) in [5.74, 6) is 0. The van der Waals surface area contributed by atoms with Crippen LogP contribution in [0.3, 0.4) is 0 Å². The summed E-state index contributed by atoms with van der Waals surface area (Å²) in [6.07, 6.45) is -7.98. The largest absolute Gasteiger partial charge is 0.417 e. The summed E-state index contributed by atoms with van der Waals surface area (Å²) in [5, 5.41) is 8.95. The fourth-order valence-electron chi connectivity index (χ4n) is 1.93. The molecule has 5 nitrogen and oxygen atoms in total. The van der Waals surface area contributed by atoms with Crippen molar-refractivity contribution in [3.05, 3.63) is 41.1 Å². The SMILES string of the molecule is O.O=C/C=C/c1c(C(F)(F)F)cc(-c2cn[nH]n2)cc1C(F)(F)F. The molecule has 1 heterocycles. The van der Waals surface area contributed by atoms with Gasteiger partial charge < -0.3 is 5.48 Å². The van der Waals surface area contributed by atoms with Crippen molar-refractivity contribution < 1.29 is 36.6 Å². The Kier molecular flexibility index (Phi) is 5.50. The molecule has 0 aliphatic carbocycles. The van der Waals surface area contributed by atoms with Gasteiger partial charge in [-0.3, -0.25) is 4.79 Å². The lowest BCUT2D eigenvalue weighted by Gasteiger charge is -2.18. The van der Waals surface area contributed by atoms with E-state index in [2.05, 4.69) is 15.4 Å². The Morgan fingerprint density at radius 1 is 1.00 bits per heavy atom. The van der Waals surface area contributed by atoms with Gasteiger partial charge in [0, 0.05) is 5.56 Å². The van der Waals surface area contributed by atoms with Crippen LogP contribution in [0.1, 0.15) is 16.7 Å². The molecule has 2 aromatic rings. The van der Waals surface area contributed by atoms with Crippen LogP contribution in [0.25, 0.3) is 17.3 Å². The molecular weight excluding hydrogens is 344 g/mol. The second-order valence-corrected chi connectivity index (χ2v) is 4.33. The number of allylic oxidation sites excluding steroid dienone is 1. The van der Waals surface area contributed by atoms with Crippen LogP contribution >= 0.6 is 0 Å². The predicted molar refractivity (Wildman–Crippen MR) is 70.5 cm³/mol. The van der Waals surface area contributed by atoms with Gasteiger partial charge in [-0.1, -0.05) is 6.08 Å². The summed E-state index contributed by atoms with van der Waals surface area (Å²) >= 11 is 0. The van der Waals surface area contributed by atoms with Crippen molar-refractivity contribution in [3.8, 4) is 11.3 Å². The smallest absolute Gasteiger partial charge is 0.412 e. The van der Waals surface area contributed by atoms with E-state index < -0.39 is 34.6 Å². The number of hydrogen-bond donors (Lipinski definition) is 1. The Balaban J connectivity index is 0.00000288. The van der Waals surface area contributed by atoms with Gasteiger partial charge in [-0.2, -0.15) is 41.8 Å². The van der Waals surface area contributed by atoms with Crippen LogP contribution in [0.15, 0.2) is 24.4 Å². The molecule has 0 atom stereocenters. The molecule has 0 saturated carbocycles. The highest BCUT2D eigenvalue weighted by atomic mass is 19.4. The van der Waals surface area contributed by atoms with Crippen molar-refractivity contribution in [1.29, 1.82) is 0 Å². The molecule has 0 amide bonds. The van der Waals surface area contributed by atoms with E-state index in [1.54, 1.807) is 0 Å². The number of aromatic amines is 1. The topological polar surface area (TPSA) is 90.1 Å². The summed E-state index contributed by atoms with van der Waals surface area (Å²) in [7, 11) is 0. The summed E-state index contributed by atoms with van der Waals surface area (Å²) in [4.78, 5) is 10.3. The Hall–Kier alpha value is -2.69. The third kappa shape index (κ3) is 3.98. The first kappa shape index (κ1) is 19.4. The second-order valence-electron chi connectivity index (χ2n) is 4.33. The number of carbonyl (C=O) groups is 1. The van der Waals surface area contributed by atoms with Gasteiger partial charge in [0.15, 0.2) is 0 Å². The van der Waals surface area contributed by atoms with Crippen LogP contribution in [0.4, 0.5) is 26.3 Å². The average Bonchev–Trinajstić information content (AvgIpc) is 2.96. The van der Waals surface area contributed by atoms with E-state index in [4.69, 9.17) is 0 Å². The molecule has 0 unspecified atom stereocenters. The molecule has 1 aromatic carbocycles. The number of nitrogens with zero attached hydrogens (tertiary/aromatic N) is 2. The minimum Gasteiger partial charge on any atom is -0.412 e. The molecule has 0 radical (unpaired) electrons.